The first-order valence-electron chi connectivity index (χ1n) is 12.4. The number of rotatable bonds is 9. The molecule has 0 saturated carbocycles. The molecule has 11 heteroatoms. The zero-order chi connectivity index (χ0) is 28.3. The highest BCUT2D eigenvalue weighted by Crippen LogP contribution is 2.37. The maximum atomic E-state index is 14.0. The molecule has 0 saturated heterocycles. The van der Waals surface area contributed by atoms with Gasteiger partial charge in [0.25, 0.3) is 5.56 Å². The predicted octanol–water partition coefficient (Wildman–Crippen LogP) is 5.13. The van der Waals surface area contributed by atoms with Crippen LogP contribution in [0.15, 0.2) is 60.3 Å². The van der Waals surface area contributed by atoms with E-state index in [2.05, 4.69) is 36.9 Å². The fourth-order valence-electron chi connectivity index (χ4n) is 4.36. The summed E-state index contributed by atoms with van der Waals surface area (Å²) in [6, 6.07) is 8.38. The van der Waals surface area contributed by atoms with Gasteiger partial charge >= 0.3 is 5.97 Å². The molecular formula is C28H28Br2N2O6S. The van der Waals surface area contributed by atoms with Gasteiger partial charge in [0.2, 0.25) is 0 Å². The number of benzene rings is 2. The SMILES string of the molecule is CCOC(=O)C1=C(C)N=c2s/c(=C\c3cc(Br)cc(Br)c3OCC)c(=O)n2[C@@H]1c1ccc(OC)c(OCC)c1. The smallest absolute Gasteiger partial charge is 0.338 e. The number of halogens is 2. The van der Waals surface area contributed by atoms with E-state index < -0.39 is 12.0 Å². The van der Waals surface area contributed by atoms with Crippen LogP contribution in [0.3, 0.4) is 0 Å². The number of hydrogen-bond donors (Lipinski definition) is 0. The first-order chi connectivity index (χ1) is 18.7. The fraction of sp³-hybridized carbons (Fsp3) is 0.321. The van der Waals surface area contributed by atoms with E-state index in [1.807, 2.05) is 32.0 Å². The molecule has 39 heavy (non-hydrogen) atoms. The van der Waals surface area contributed by atoms with Gasteiger partial charge in [0.15, 0.2) is 16.3 Å². The Balaban J connectivity index is 1.99. The summed E-state index contributed by atoms with van der Waals surface area (Å²) in [6.07, 6.45) is 1.78. The lowest BCUT2D eigenvalue weighted by Crippen LogP contribution is -2.40. The van der Waals surface area contributed by atoms with Gasteiger partial charge in [0, 0.05) is 10.0 Å². The van der Waals surface area contributed by atoms with Crippen LogP contribution in [0.2, 0.25) is 0 Å². The number of esters is 1. The number of fused-ring (bicyclic) bond motifs is 1. The molecule has 2 aromatic carbocycles. The molecule has 0 spiro atoms. The van der Waals surface area contributed by atoms with E-state index in [4.69, 9.17) is 18.9 Å². The molecule has 0 amide bonds. The number of hydrogen-bond acceptors (Lipinski definition) is 8. The number of carbonyl (C=O) groups excluding carboxylic acids is 1. The number of methoxy groups -OCH3 is 1. The topological polar surface area (TPSA) is 88.4 Å². The van der Waals surface area contributed by atoms with Crippen molar-refractivity contribution in [3.8, 4) is 17.2 Å². The normalized spacial score (nSPS) is 15.1. The Hall–Kier alpha value is -2.89. The van der Waals surface area contributed by atoms with Crippen LogP contribution in [0.25, 0.3) is 6.08 Å². The first kappa shape index (κ1) is 29.1. The molecule has 206 valence electrons. The molecule has 1 aliphatic heterocycles. The highest BCUT2D eigenvalue weighted by molar-refractivity contribution is 9.11. The molecular weight excluding hydrogens is 652 g/mol. The largest absolute Gasteiger partial charge is 0.493 e. The molecule has 1 atom stereocenters. The Morgan fingerprint density at radius 2 is 1.82 bits per heavy atom. The van der Waals surface area contributed by atoms with Crippen LogP contribution in [0.1, 0.15) is 44.9 Å². The molecule has 1 aliphatic rings. The van der Waals surface area contributed by atoms with Crippen LogP contribution in [0, 0.1) is 0 Å². The van der Waals surface area contributed by atoms with Gasteiger partial charge < -0.3 is 18.9 Å². The van der Waals surface area contributed by atoms with Crippen LogP contribution in [-0.4, -0.2) is 37.5 Å². The van der Waals surface area contributed by atoms with E-state index in [0.29, 0.717) is 56.6 Å². The summed E-state index contributed by atoms with van der Waals surface area (Å²) in [5, 5.41) is 0. The Kier molecular flexibility index (Phi) is 9.35. The van der Waals surface area contributed by atoms with Crippen LogP contribution in [0.5, 0.6) is 17.2 Å². The molecule has 0 fully saturated rings. The summed E-state index contributed by atoms with van der Waals surface area (Å²) in [6.45, 7) is 8.35. The Labute approximate surface area is 246 Å². The third-order valence-electron chi connectivity index (χ3n) is 5.93. The van der Waals surface area contributed by atoms with Crippen molar-refractivity contribution in [2.24, 2.45) is 4.99 Å². The minimum Gasteiger partial charge on any atom is -0.493 e. The lowest BCUT2D eigenvalue weighted by Gasteiger charge is -2.25. The van der Waals surface area contributed by atoms with Gasteiger partial charge in [-0.2, -0.15) is 0 Å². The van der Waals surface area contributed by atoms with Crippen molar-refractivity contribution in [2.75, 3.05) is 26.9 Å². The third-order valence-corrected chi connectivity index (χ3v) is 7.96. The molecule has 3 aromatic rings. The Morgan fingerprint density at radius 1 is 1.08 bits per heavy atom. The summed E-state index contributed by atoms with van der Waals surface area (Å²) in [7, 11) is 1.56. The zero-order valence-electron chi connectivity index (χ0n) is 22.2. The van der Waals surface area contributed by atoms with Crippen LogP contribution in [0.4, 0.5) is 0 Å². The number of thiazole rings is 1. The van der Waals surface area contributed by atoms with E-state index in [9.17, 15) is 9.59 Å². The average Bonchev–Trinajstić information content (AvgIpc) is 3.19. The highest BCUT2D eigenvalue weighted by Gasteiger charge is 2.34. The molecule has 8 nitrogen and oxygen atoms in total. The van der Waals surface area contributed by atoms with Gasteiger partial charge in [-0.25, -0.2) is 9.79 Å². The summed E-state index contributed by atoms with van der Waals surface area (Å²) in [5.41, 5.74) is 1.89. The van der Waals surface area contributed by atoms with Crippen LogP contribution in [-0.2, 0) is 9.53 Å². The number of ether oxygens (including phenoxy) is 4. The summed E-state index contributed by atoms with van der Waals surface area (Å²) in [4.78, 5) is 32.3. The van der Waals surface area contributed by atoms with E-state index in [-0.39, 0.29) is 12.2 Å². The maximum absolute atomic E-state index is 14.0. The van der Waals surface area contributed by atoms with E-state index in [1.54, 1.807) is 43.7 Å². The molecule has 2 heterocycles. The lowest BCUT2D eigenvalue weighted by molar-refractivity contribution is -0.139. The summed E-state index contributed by atoms with van der Waals surface area (Å²) < 4.78 is 26.1. The highest BCUT2D eigenvalue weighted by atomic mass is 79.9. The van der Waals surface area contributed by atoms with Crippen molar-refractivity contribution in [3.63, 3.8) is 0 Å². The van der Waals surface area contributed by atoms with E-state index in [0.717, 1.165) is 14.5 Å². The lowest BCUT2D eigenvalue weighted by atomic mass is 9.95. The van der Waals surface area contributed by atoms with E-state index in [1.165, 1.54) is 11.3 Å². The number of allylic oxidation sites excluding steroid dienone is 1. The number of carbonyl (C=O) groups is 1. The minimum atomic E-state index is -0.770. The Bertz CT molecular complexity index is 1630. The standard InChI is InChI=1S/C28H28Br2N2O6S/c1-6-36-21-12-16(9-10-20(21)35-5)24-23(27(34)38-8-3)15(4)31-28-32(24)26(33)22(39-28)13-17-11-18(29)14-19(30)25(17)37-7-2/h9-14,24H,6-8H2,1-5H3/b22-13-/t24-/m1/s1. The van der Waals surface area contributed by atoms with Crippen molar-refractivity contribution in [1.82, 2.24) is 4.57 Å². The third kappa shape index (κ3) is 5.85. The quantitative estimate of drug-likeness (QED) is 0.292. The van der Waals surface area contributed by atoms with Crippen molar-refractivity contribution in [3.05, 3.63) is 81.4 Å². The monoisotopic (exact) mass is 678 g/mol. The van der Waals surface area contributed by atoms with Gasteiger partial charge in [-0.05, 0) is 79.5 Å². The van der Waals surface area contributed by atoms with Crippen molar-refractivity contribution < 1.29 is 23.7 Å². The molecule has 0 aliphatic carbocycles. The molecule has 0 bridgehead atoms. The fourth-order valence-corrected chi connectivity index (χ4v) is 6.77. The van der Waals surface area contributed by atoms with Gasteiger partial charge in [-0.3, -0.25) is 9.36 Å². The molecule has 0 radical (unpaired) electrons. The summed E-state index contributed by atoms with van der Waals surface area (Å²) in [5.74, 6) is 1.16. The second-order valence-electron chi connectivity index (χ2n) is 8.38. The van der Waals surface area contributed by atoms with E-state index >= 15 is 0 Å². The number of aromatic nitrogens is 1. The van der Waals surface area contributed by atoms with Crippen molar-refractivity contribution in [2.45, 2.75) is 33.7 Å². The second kappa shape index (κ2) is 12.5. The van der Waals surface area contributed by atoms with Gasteiger partial charge in [-0.15, -0.1) is 0 Å². The van der Waals surface area contributed by atoms with Gasteiger partial charge in [-0.1, -0.05) is 33.3 Å². The predicted molar refractivity (Wildman–Crippen MR) is 158 cm³/mol. The van der Waals surface area contributed by atoms with Crippen molar-refractivity contribution in [1.29, 1.82) is 0 Å². The molecule has 0 N–H and O–H groups in total. The second-order valence-corrected chi connectivity index (χ2v) is 11.2. The minimum absolute atomic E-state index is 0.192. The average molecular weight is 680 g/mol. The van der Waals surface area contributed by atoms with Crippen LogP contribution >= 0.6 is 43.2 Å². The summed E-state index contributed by atoms with van der Waals surface area (Å²) >= 11 is 8.32. The Morgan fingerprint density at radius 3 is 2.49 bits per heavy atom. The first-order valence-corrected chi connectivity index (χ1v) is 14.8. The number of nitrogens with zero attached hydrogens (tertiary/aromatic N) is 2. The molecule has 4 rings (SSSR count). The van der Waals surface area contributed by atoms with Gasteiger partial charge in [0.1, 0.15) is 5.75 Å². The molecule has 1 aromatic heterocycles. The zero-order valence-corrected chi connectivity index (χ0v) is 26.2. The molecule has 0 unspecified atom stereocenters. The van der Waals surface area contributed by atoms with Crippen LogP contribution < -0.4 is 29.1 Å². The van der Waals surface area contributed by atoms with Crippen molar-refractivity contribution >= 4 is 55.2 Å². The van der Waals surface area contributed by atoms with Gasteiger partial charge in [0.05, 0.1) is 53.2 Å². The maximum Gasteiger partial charge on any atom is 0.338 e.